The second-order valence-electron chi connectivity index (χ2n) is 4.19. The van der Waals surface area contributed by atoms with Crippen LogP contribution in [0.25, 0.3) is 0 Å². The van der Waals surface area contributed by atoms with Crippen molar-refractivity contribution in [3.63, 3.8) is 0 Å². The van der Waals surface area contributed by atoms with Gasteiger partial charge in [0, 0.05) is 15.7 Å². The van der Waals surface area contributed by atoms with Crippen molar-refractivity contribution >= 4 is 40.7 Å². The van der Waals surface area contributed by atoms with Gasteiger partial charge in [0.05, 0.1) is 17.3 Å². The van der Waals surface area contributed by atoms with Gasteiger partial charge in [0.15, 0.2) is 0 Å². The van der Waals surface area contributed by atoms with Gasteiger partial charge in [-0.15, -0.1) is 11.8 Å². The second-order valence-corrected chi connectivity index (χ2v) is 6.20. The van der Waals surface area contributed by atoms with Crippen LogP contribution in [0.3, 0.4) is 0 Å². The van der Waals surface area contributed by atoms with Gasteiger partial charge in [-0.3, -0.25) is 0 Å². The summed E-state index contributed by atoms with van der Waals surface area (Å²) in [4.78, 5) is 1.12. The molecular weight excluding hydrogens is 313 g/mol. The van der Waals surface area contributed by atoms with Gasteiger partial charge < -0.3 is 10.5 Å². The molecule has 0 fully saturated rings. The number of halogens is 2. The van der Waals surface area contributed by atoms with E-state index >= 15 is 0 Å². The predicted octanol–water partition coefficient (Wildman–Crippen LogP) is 5.14. The molecule has 0 aliphatic heterocycles. The van der Waals surface area contributed by atoms with Crippen LogP contribution in [0, 0.1) is 0 Å². The number of nitrogens with two attached hydrogens (primary N) is 1. The van der Waals surface area contributed by atoms with E-state index in [0.717, 1.165) is 22.8 Å². The summed E-state index contributed by atoms with van der Waals surface area (Å²) in [6, 6.07) is 13.1. The van der Waals surface area contributed by atoms with Crippen LogP contribution >= 0.6 is 35.0 Å². The maximum atomic E-state index is 5.97. The van der Waals surface area contributed by atoms with Gasteiger partial charge >= 0.3 is 0 Å². The Morgan fingerprint density at radius 2 is 1.80 bits per heavy atom. The van der Waals surface area contributed by atoms with Gasteiger partial charge in [-0.2, -0.15) is 0 Å². The van der Waals surface area contributed by atoms with Gasteiger partial charge in [-0.1, -0.05) is 23.2 Å². The molecule has 0 amide bonds. The van der Waals surface area contributed by atoms with Crippen LogP contribution in [0.5, 0.6) is 5.75 Å². The molecule has 2 rings (SSSR count). The fraction of sp³-hybridized carbons (Fsp3) is 0.200. The van der Waals surface area contributed by atoms with E-state index in [1.807, 2.05) is 42.5 Å². The summed E-state index contributed by atoms with van der Waals surface area (Å²) in [5.74, 6) is 1.81. The Morgan fingerprint density at radius 3 is 2.50 bits per heavy atom. The van der Waals surface area contributed by atoms with Crippen molar-refractivity contribution < 1.29 is 4.74 Å². The smallest absolute Gasteiger partial charge is 0.119 e. The Bertz CT molecular complexity index is 560. The van der Waals surface area contributed by atoms with Gasteiger partial charge in [-0.25, -0.2) is 0 Å². The van der Waals surface area contributed by atoms with Crippen molar-refractivity contribution in [1.82, 2.24) is 0 Å². The molecule has 0 radical (unpaired) electrons. The first-order chi connectivity index (χ1) is 9.65. The van der Waals surface area contributed by atoms with Gasteiger partial charge in [0.1, 0.15) is 5.75 Å². The van der Waals surface area contributed by atoms with Crippen molar-refractivity contribution in [3.8, 4) is 5.75 Å². The third kappa shape index (κ3) is 4.82. The molecule has 2 nitrogen and oxygen atoms in total. The third-order valence-corrected chi connectivity index (χ3v) is 4.27. The zero-order chi connectivity index (χ0) is 14.4. The summed E-state index contributed by atoms with van der Waals surface area (Å²) in [6.07, 6.45) is 0.954. The molecule has 2 aromatic rings. The molecule has 2 aromatic carbocycles. The fourth-order valence-corrected chi connectivity index (χ4v) is 2.80. The van der Waals surface area contributed by atoms with Crippen molar-refractivity contribution in [2.75, 3.05) is 18.1 Å². The van der Waals surface area contributed by atoms with E-state index in [2.05, 4.69) is 0 Å². The number of ether oxygens (including phenoxy) is 1. The maximum Gasteiger partial charge on any atom is 0.119 e. The third-order valence-electron chi connectivity index (χ3n) is 2.61. The van der Waals surface area contributed by atoms with Crippen molar-refractivity contribution in [2.24, 2.45) is 0 Å². The summed E-state index contributed by atoms with van der Waals surface area (Å²) < 4.78 is 5.62. The van der Waals surface area contributed by atoms with E-state index in [1.165, 1.54) is 0 Å². The van der Waals surface area contributed by atoms with Crippen LogP contribution in [0.4, 0.5) is 5.69 Å². The molecule has 0 spiro atoms. The summed E-state index contributed by atoms with van der Waals surface area (Å²) in [5.41, 5.74) is 6.28. The largest absolute Gasteiger partial charge is 0.494 e. The Hall–Kier alpha value is -1.03. The lowest BCUT2D eigenvalue weighted by molar-refractivity contribution is 0.319. The molecule has 0 saturated carbocycles. The SMILES string of the molecule is Nc1ccc(SCCCOc2ccc(Cl)cc2)cc1Cl. The number of hydrogen-bond acceptors (Lipinski definition) is 3. The Labute approximate surface area is 133 Å². The molecule has 0 unspecified atom stereocenters. The van der Waals surface area contributed by atoms with Gasteiger partial charge in [0.2, 0.25) is 0 Å². The van der Waals surface area contributed by atoms with E-state index in [1.54, 1.807) is 11.8 Å². The number of nitrogen functional groups attached to an aromatic ring is 1. The topological polar surface area (TPSA) is 35.2 Å². The summed E-state index contributed by atoms with van der Waals surface area (Å²) >= 11 is 13.5. The molecule has 0 bridgehead atoms. The zero-order valence-electron chi connectivity index (χ0n) is 10.8. The van der Waals surface area contributed by atoms with Crippen LogP contribution in [-0.2, 0) is 0 Å². The number of benzene rings is 2. The van der Waals surface area contributed by atoms with Crippen LogP contribution in [0.2, 0.25) is 10.0 Å². The standard InChI is InChI=1S/C15H15Cl2NOS/c16-11-2-4-12(5-3-11)19-8-1-9-20-13-6-7-15(18)14(17)10-13/h2-7,10H,1,8-9,18H2. The zero-order valence-corrected chi connectivity index (χ0v) is 13.1. The maximum absolute atomic E-state index is 5.97. The number of thioether (sulfide) groups is 1. The lowest BCUT2D eigenvalue weighted by Crippen LogP contribution is -1.98. The van der Waals surface area contributed by atoms with Crippen LogP contribution in [-0.4, -0.2) is 12.4 Å². The van der Waals surface area contributed by atoms with Crippen LogP contribution in [0.15, 0.2) is 47.4 Å². The number of rotatable bonds is 6. The molecule has 106 valence electrons. The lowest BCUT2D eigenvalue weighted by Gasteiger charge is -2.06. The normalized spacial score (nSPS) is 10.5. The minimum atomic E-state index is 0.604. The fourth-order valence-electron chi connectivity index (χ4n) is 1.57. The average Bonchev–Trinajstić information content (AvgIpc) is 2.44. The molecule has 0 aliphatic carbocycles. The Kier molecular flexibility index (Phi) is 5.89. The highest BCUT2D eigenvalue weighted by molar-refractivity contribution is 7.99. The van der Waals surface area contributed by atoms with E-state index in [0.29, 0.717) is 22.3 Å². The van der Waals surface area contributed by atoms with Gasteiger partial charge in [0.25, 0.3) is 0 Å². The van der Waals surface area contributed by atoms with Crippen molar-refractivity contribution in [3.05, 3.63) is 52.5 Å². The summed E-state index contributed by atoms with van der Waals surface area (Å²) in [5, 5.41) is 1.32. The number of hydrogen-bond donors (Lipinski definition) is 1. The van der Waals surface area contributed by atoms with Crippen LogP contribution < -0.4 is 10.5 Å². The molecule has 20 heavy (non-hydrogen) atoms. The predicted molar refractivity (Wildman–Crippen MR) is 88.2 cm³/mol. The lowest BCUT2D eigenvalue weighted by atomic mass is 10.3. The molecule has 0 atom stereocenters. The number of anilines is 1. The quantitative estimate of drug-likeness (QED) is 0.453. The highest BCUT2D eigenvalue weighted by Crippen LogP contribution is 2.26. The minimum absolute atomic E-state index is 0.604. The highest BCUT2D eigenvalue weighted by atomic mass is 35.5. The highest BCUT2D eigenvalue weighted by Gasteiger charge is 2.00. The summed E-state index contributed by atoms with van der Waals surface area (Å²) in [7, 11) is 0. The second kappa shape index (κ2) is 7.67. The monoisotopic (exact) mass is 327 g/mol. The average molecular weight is 328 g/mol. The molecule has 0 aliphatic rings. The van der Waals surface area contributed by atoms with Crippen molar-refractivity contribution in [2.45, 2.75) is 11.3 Å². The van der Waals surface area contributed by atoms with E-state index in [4.69, 9.17) is 33.7 Å². The van der Waals surface area contributed by atoms with Gasteiger partial charge in [-0.05, 0) is 48.9 Å². The molecule has 0 heterocycles. The van der Waals surface area contributed by atoms with E-state index < -0.39 is 0 Å². The van der Waals surface area contributed by atoms with Crippen molar-refractivity contribution in [1.29, 1.82) is 0 Å². The molecule has 2 N–H and O–H groups in total. The first kappa shape index (κ1) is 15.4. The molecular formula is C15H15Cl2NOS. The minimum Gasteiger partial charge on any atom is -0.494 e. The molecule has 0 aromatic heterocycles. The first-order valence-corrected chi connectivity index (χ1v) is 7.95. The molecule has 5 heteroatoms. The van der Waals surface area contributed by atoms with E-state index in [9.17, 15) is 0 Å². The Balaban J connectivity index is 1.68. The van der Waals surface area contributed by atoms with E-state index in [-0.39, 0.29) is 0 Å². The molecule has 0 saturated heterocycles. The summed E-state index contributed by atoms with van der Waals surface area (Å²) in [6.45, 7) is 0.678. The Morgan fingerprint density at radius 1 is 1.05 bits per heavy atom. The first-order valence-electron chi connectivity index (χ1n) is 6.21. The van der Waals surface area contributed by atoms with Crippen LogP contribution in [0.1, 0.15) is 6.42 Å².